The van der Waals surface area contributed by atoms with Crippen LogP contribution in [0, 0.1) is 0 Å². The highest BCUT2D eigenvalue weighted by Gasteiger charge is 2.11. The van der Waals surface area contributed by atoms with E-state index in [1.165, 1.54) is 36.9 Å². The molecule has 6 aromatic rings. The molecule has 158 valence electrons. The van der Waals surface area contributed by atoms with Gasteiger partial charge in [-0.05, 0) is 46.2 Å². The smallest absolute Gasteiger partial charge is 0.109 e. The molecule has 0 atom stereocenters. The van der Waals surface area contributed by atoms with Gasteiger partial charge in [0.25, 0.3) is 0 Å². The molecule has 0 unspecified atom stereocenters. The largest absolute Gasteiger partial charge is 0.341 e. The summed E-state index contributed by atoms with van der Waals surface area (Å²) < 4.78 is 1.29. The summed E-state index contributed by atoms with van der Waals surface area (Å²) in [6, 6.07) is 20.0. The Hall–Kier alpha value is -3.44. The van der Waals surface area contributed by atoms with E-state index in [9.17, 15) is 0 Å². The number of rotatable bonds is 4. The molecule has 0 aliphatic heterocycles. The second-order valence-corrected chi connectivity index (χ2v) is 9.72. The fourth-order valence-corrected chi connectivity index (χ4v) is 5.37. The van der Waals surface area contributed by atoms with Crippen molar-refractivity contribution in [3.05, 3.63) is 72.4 Å². The van der Waals surface area contributed by atoms with Crippen LogP contribution >= 0.6 is 11.3 Å². The lowest BCUT2D eigenvalue weighted by molar-refractivity contribution is 0.795. The fourth-order valence-electron chi connectivity index (χ4n) is 4.31. The van der Waals surface area contributed by atoms with Crippen LogP contribution in [0.4, 0.5) is 0 Å². The Labute approximate surface area is 190 Å². The van der Waals surface area contributed by atoms with Gasteiger partial charge >= 0.3 is 0 Å². The molecule has 0 aliphatic carbocycles. The molecular formula is C27H24N4S. The highest BCUT2D eigenvalue weighted by atomic mass is 32.1. The molecule has 0 fully saturated rings. The van der Waals surface area contributed by atoms with Crippen molar-refractivity contribution in [1.82, 2.24) is 19.9 Å². The predicted molar refractivity (Wildman–Crippen MR) is 135 cm³/mol. The standard InChI is InChI=1S/C27H24N4S/c1-4-25-29-21-10-8-18-11-16(7-9-20(18)26(21)31-25)17-5-6-19-13-24(32-23(19)12-17)22-14-28-27(30-22)15(2)3/h5-15H,4H2,1-3H3,(H,28,30)(H,29,31). The lowest BCUT2D eigenvalue weighted by Gasteiger charge is -2.05. The number of nitrogens with one attached hydrogen (secondary N) is 2. The van der Waals surface area contributed by atoms with Crippen LogP contribution in [-0.4, -0.2) is 19.9 Å². The van der Waals surface area contributed by atoms with Crippen LogP contribution in [0.2, 0.25) is 0 Å². The van der Waals surface area contributed by atoms with Gasteiger partial charge in [-0.3, -0.25) is 0 Å². The third-order valence-corrected chi connectivity index (χ3v) is 7.25. The molecular weight excluding hydrogens is 412 g/mol. The molecule has 0 bridgehead atoms. The van der Waals surface area contributed by atoms with E-state index in [1.807, 2.05) is 17.5 Å². The zero-order valence-corrected chi connectivity index (χ0v) is 19.2. The molecule has 4 nitrogen and oxygen atoms in total. The number of aromatic amines is 2. The van der Waals surface area contributed by atoms with Crippen molar-refractivity contribution >= 4 is 43.2 Å². The Morgan fingerprint density at radius 3 is 2.53 bits per heavy atom. The van der Waals surface area contributed by atoms with Gasteiger partial charge in [0.15, 0.2) is 0 Å². The quantitative estimate of drug-likeness (QED) is 0.298. The summed E-state index contributed by atoms with van der Waals surface area (Å²) in [6.07, 6.45) is 2.86. The number of imidazole rings is 2. The Kier molecular flexibility index (Phi) is 4.40. The zero-order valence-electron chi connectivity index (χ0n) is 18.4. The van der Waals surface area contributed by atoms with Crippen LogP contribution in [-0.2, 0) is 6.42 Å². The molecule has 2 N–H and O–H groups in total. The number of hydrogen-bond acceptors (Lipinski definition) is 3. The number of nitrogens with zero attached hydrogens (tertiary/aromatic N) is 2. The average Bonchev–Trinajstić information content (AvgIpc) is 3.55. The highest BCUT2D eigenvalue weighted by molar-refractivity contribution is 7.22. The second kappa shape index (κ2) is 7.31. The van der Waals surface area contributed by atoms with E-state index in [4.69, 9.17) is 0 Å². The molecule has 0 spiro atoms. The Morgan fingerprint density at radius 2 is 1.72 bits per heavy atom. The van der Waals surface area contributed by atoms with E-state index in [0.717, 1.165) is 34.8 Å². The fraction of sp³-hybridized carbons (Fsp3) is 0.185. The SMILES string of the molecule is CCc1nc2ccc3cc(-c4ccc5cc(-c6cnc(C(C)C)[nH]6)sc5c4)ccc3c2[nH]1. The molecule has 32 heavy (non-hydrogen) atoms. The van der Waals surface area contributed by atoms with E-state index in [0.29, 0.717) is 5.92 Å². The summed E-state index contributed by atoms with van der Waals surface area (Å²) in [5.74, 6) is 2.47. The number of hydrogen-bond donors (Lipinski definition) is 2. The van der Waals surface area contributed by atoms with Crippen molar-refractivity contribution in [2.75, 3.05) is 0 Å². The number of benzene rings is 3. The minimum absolute atomic E-state index is 0.397. The molecule has 3 aromatic carbocycles. The summed E-state index contributed by atoms with van der Waals surface area (Å²) in [4.78, 5) is 17.4. The van der Waals surface area contributed by atoms with Crippen molar-refractivity contribution in [1.29, 1.82) is 0 Å². The average molecular weight is 437 g/mol. The van der Waals surface area contributed by atoms with Gasteiger partial charge in [0.1, 0.15) is 11.6 Å². The van der Waals surface area contributed by atoms with Crippen molar-refractivity contribution in [3.63, 3.8) is 0 Å². The van der Waals surface area contributed by atoms with Crippen molar-refractivity contribution in [2.45, 2.75) is 33.1 Å². The van der Waals surface area contributed by atoms with E-state index in [-0.39, 0.29) is 0 Å². The molecule has 0 saturated carbocycles. The number of aryl methyl sites for hydroxylation is 1. The Morgan fingerprint density at radius 1 is 0.906 bits per heavy atom. The number of thiophene rings is 1. The van der Waals surface area contributed by atoms with E-state index in [2.05, 4.69) is 95.3 Å². The van der Waals surface area contributed by atoms with Gasteiger partial charge < -0.3 is 9.97 Å². The maximum atomic E-state index is 4.67. The predicted octanol–water partition coefficient (Wildman–Crippen LogP) is 7.67. The van der Waals surface area contributed by atoms with E-state index < -0.39 is 0 Å². The normalized spacial score (nSPS) is 12.0. The van der Waals surface area contributed by atoms with E-state index in [1.54, 1.807) is 0 Å². The van der Waals surface area contributed by atoms with Crippen LogP contribution < -0.4 is 0 Å². The lowest BCUT2D eigenvalue weighted by atomic mass is 10.00. The van der Waals surface area contributed by atoms with Gasteiger partial charge in [-0.2, -0.15) is 0 Å². The van der Waals surface area contributed by atoms with E-state index >= 15 is 0 Å². The van der Waals surface area contributed by atoms with Crippen LogP contribution in [0.3, 0.4) is 0 Å². The van der Waals surface area contributed by atoms with Gasteiger partial charge in [0.05, 0.1) is 27.8 Å². The van der Waals surface area contributed by atoms with Gasteiger partial charge in [-0.1, -0.05) is 51.1 Å². The molecule has 0 aliphatic rings. The third kappa shape index (κ3) is 3.12. The highest BCUT2D eigenvalue weighted by Crippen LogP contribution is 2.36. The van der Waals surface area contributed by atoms with Crippen LogP contribution in [0.15, 0.2) is 60.8 Å². The molecule has 0 saturated heterocycles. The maximum absolute atomic E-state index is 4.67. The van der Waals surface area contributed by atoms with Crippen molar-refractivity contribution in [3.8, 4) is 21.7 Å². The molecule has 0 radical (unpaired) electrons. The summed E-state index contributed by atoms with van der Waals surface area (Å²) in [7, 11) is 0. The van der Waals surface area contributed by atoms with Crippen LogP contribution in [0.1, 0.15) is 38.3 Å². The first-order chi connectivity index (χ1) is 15.6. The summed E-state index contributed by atoms with van der Waals surface area (Å²) in [5, 5.41) is 3.71. The molecule has 3 heterocycles. The first-order valence-electron chi connectivity index (χ1n) is 11.1. The Balaban J connectivity index is 1.40. The zero-order chi connectivity index (χ0) is 21.8. The first-order valence-corrected chi connectivity index (χ1v) is 11.9. The Bertz CT molecular complexity index is 1600. The molecule has 3 aromatic heterocycles. The van der Waals surface area contributed by atoms with Gasteiger partial charge in [0, 0.05) is 22.4 Å². The van der Waals surface area contributed by atoms with Crippen LogP contribution in [0.25, 0.3) is 53.6 Å². The third-order valence-electron chi connectivity index (χ3n) is 6.12. The number of fused-ring (bicyclic) bond motifs is 4. The summed E-state index contributed by atoms with van der Waals surface area (Å²) in [5.41, 5.74) is 5.72. The summed E-state index contributed by atoms with van der Waals surface area (Å²) >= 11 is 1.81. The number of aromatic nitrogens is 4. The van der Waals surface area contributed by atoms with Gasteiger partial charge in [-0.25, -0.2) is 9.97 Å². The van der Waals surface area contributed by atoms with Crippen molar-refractivity contribution < 1.29 is 0 Å². The van der Waals surface area contributed by atoms with Crippen molar-refractivity contribution in [2.24, 2.45) is 0 Å². The number of H-pyrrole nitrogens is 2. The van der Waals surface area contributed by atoms with Gasteiger partial charge in [0.2, 0.25) is 0 Å². The molecule has 0 amide bonds. The first kappa shape index (κ1) is 19.3. The topological polar surface area (TPSA) is 57.4 Å². The second-order valence-electron chi connectivity index (χ2n) is 8.63. The minimum atomic E-state index is 0.397. The molecule has 6 rings (SSSR count). The summed E-state index contributed by atoms with van der Waals surface area (Å²) in [6.45, 7) is 6.44. The minimum Gasteiger partial charge on any atom is -0.341 e. The molecule has 5 heteroatoms. The lowest BCUT2D eigenvalue weighted by Crippen LogP contribution is -1.88. The monoisotopic (exact) mass is 436 g/mol. The maximum Gasteiger partial charge on any atom is 0.109 e. The van der Waals surface area contributed by atoms with Gasteiger partial charge in [-0.15, -0.1) is 11.3 Å². The van der Waals surface area contributed by atoms with Crippen LogP contribution in [0.5, 0.6) is 0 Å².